The van der Waals surface area contributed by atoms with E-state index in [4.69, 9.17) is 23.9 Å². The molecule has 1 aliphatic carbocycles. The molecule has 4 unspecified atom stereocenters. The average molecular weight is 570 g/mol. The first kappa shape index (κ1) is 30.6. The number of nitrogens with zero attached hydrogens (tertiary/aromatic N) is 3. The fourth-order valence-corrected chi connectivity index (χ4v) is 4.91. The maximum atomic E-state index is 13.7. The number of nitrogens with one attached hydrogen (secondary N) is 2. The molecule has 0 spiro atoms. The number of methoxy groups -OCH3 is 1. The highest BCUT2D eigenvalue weighted by molar-refractivity contribution is 5.97. The van der Waals surface area contributed by atoms with E-state index >= 15 is 0 Å². The van der Waals surface area contributed by atoms with Crippen LogP contribution >= 0.6 is 0 Å². The highest BCUT2D eigenvalue weighted by atomic mass is 19.1. The first-order valence-corrected chi connectivity index (χ1v) is 14.5. The molecule has 0 saturated carbocycles. The number of allylic oxidation sites excluding steroid dienone is 7. The van der Waals surface area contributed by atoms with Crippen LogP contribution in [0.2, 0.25) is 0 Å². The van der Waals surface area contributed by atoms with Crippen molar-refractivity contribution in [3.8, 4) is 0 Å². The number of aliphatic imine (C=N–C) groups is 1. The predicted molar refractivity (Wildman–Crippen MR) is 158 cm³/mol. The molecule has 0 amide bonds. The Kier molecular flexibility index (Phi) is 10.8. The summed E-state index contributed by atoms with van der Waals surface area (Å²) in [5.41, 5.74) is 2.19. The van der Waals surface area contributed by atoms with Crippen molar-refractivity contribution in [2.24, 2.45) is 10.9 Å². The van der Waals surface area contributed by atoms with Gasteiger partial charge in [-0.25, -0.2) is 9.37 Å². The molecule has 0 radical (unpaired) electrons. The Hall–Kier alpha value is -3.37. The zero-order valence-corrected chi connectivity index (χ0v) is 24.9. The standard InChI is InChI=1S/C31H44FN5O4/c1-6-31(14-16-38-5,35-26-12-10-25(32)11-13-26)36-30-28(39-17-15-33-30)18-22(2)8-7-9-27(29-24(4)40-21-41-29)37-19-23(3)34-20-37/h7,9-10,12-13,18-20,22,24-25,35H,6,8,11,14-17,21H2,1-5H3,(H,33,36)/b9-7?,28-18-,29-27-. The Balaban J connectivity index is 1.49. The van der Waals surface area contributed by atoms with Crippen LogP contribution in [0.5, 0.6) is 0 Å². The largest absolute Gasteiger partial charge is 0.488 e. The molecule has 10 heteroatoms. The maximum absolute atomic E-state index is 13.7. The van der Waals surface area contributed by atoms with Gasteiger partial charge in [0, 0.05) is 31.8 Å². The van der Waals surface area contributed by atoms with E-state index in [2.05, 4.69) is 47.7 Å². The van der Waals surface area contributed by atoms with Gasteiger partial charge in [0.2, 0.25) is 0 Å². The topological polar surface area (TPSA) is 91.2 Å². The summed E-state index contributed by atoms with van der Waals surface area (Å²) < 4.78 is 38.6. The van der Waals surface area contributed by atoms with Gasteiger partial charge >= 0.3 is 0 Å². The van der Waals surface area contributed by atoms with Gasteiger partial charge in [0.25, 0.3) is 0 Å². The van der Waals surface area contributed by atoms with Gasteiger partial charge in [-0.15, -0.1) is 0 Å². The molecule has 2 aliphatic heterocycles. The molecule has 3 heterocycles. The zero-order valence-electron chi connectivity index (χ0n) is 24.9. The van der Waals surface area contributed by atoms with E-state index in [-0.39, 0.29) is 18.8 Å². The minimum absolute atomic E-state index is 0.124. The molecule has 3 aliphatic rings. The van der Waals surface area contributed by atoms with E-state index in [1.54, 1.807) is 25.6 Å². The van der Waals surface area contributed by atoms with Crippen LogP contribution in [0.3, 0.4) is 0 Å². The van der Waals surface area contributed by atoms with Crippen molar-refractivity contribution in [1.29, 1.82) is 0 Å². The number of hydrogen-bond acceptors (Lipinski definition) is 8. The lowest BCUT2D eigenvalue weighted by Gasteiger charge is -2.39. The third-order valence-corrected chi connectivity index (χ3v) is 7.34. The number of halogens is 1. The zero-order chi connectivity index (χ0) is 29.2. The lowest BCUT2D eigenvalue weighted by atomic mass is 9.99. The van der Waals surface area contributed by atoms with Crippen molar-refractivity contribution in [2.45, 2.75) is 71.3 Å². The Bertz CT molecular complexity index is 1220. The number of aryl methyl sites for hydroxylation is 1. The van der Waals surface area contributed by atoms with Gasteiger partial charge in [-0.3, -0.25) is 4.99 Å². The van der Waals surface area contributed by atoms with Crippen LogP contribution in [-0.2, 0) is 18.9 Å². The average Bonchev–Trinajstić information content (AvgIpc) is 3.60. The summed E-state index contributed by atoms with van der Waals surface area (Å²) in [6.45, 7) is 10.1. The molecule has 4 rings (SSSR count). The summed E-state index contributed by atoms with van der Waals surface area (Å²) in [7, 11) is 1.69. The van der Waals surface area contributed by atoms with Crippen LogP contribution < -0.4 is 10.6 Å². The van der Waals surface area contributed by atoms with Gasteiger partial charge in [-0.2, -0.15) is 0 Å². The third kappa shape index (κ3) is 8.33. The smallest absolute Gasteiger partial charge is 0.189 e. The predicted octanol–water partition coefficient (Wildman–Crippen LogP) is 5.15. The number of amidine groups is 1. The maximum Gasteiger partial charge on any atom is 0.189 e. The van der Waals surface area contributed by atoms with Gasteiger partial charge in [0.05, 0.1) is 30.9 Å². The molecule has 1 aromatic rings. The second-order valence-electron chi connectivity index (χ2n) is 10.7. The fourth-order valence-electron chi connectivity index (χ4n) is 4.91. The molecule has 4 atom stereocenters. The van der Waals surface area contributed by atoms with Crippen LogP contribution in [0.15, 0.2) is 71.2 Å². The molecule has 1 fully saturated rings. The molecule has 0 bridgehead atoms. The van der Waals surface area contributed by atoms with Crippen molar-refractivity contribution in [2.75, 3.05) is 33.7 Å². The lowest BCUT2D eigenvalue weighted by molar-refractivity contribution is 0.0554. The fraction of sp³-hybridized carbons (Fsp3) is 0.548. The van der Waals surface area contributed by atoms with Crippen molar-refractivity contribution in [3.05, 3.63) is 71.9 Å². The lowest BCUT2D eigenvalue weighted by Crippen LogP contribution is -2.59. The second-order valence-corrected chi connectivity index (χ2v) is 10.7. The van der Waals surface area contributed by atoms with Gasteiger partial charge in [-0.05, 0) is 56.9 Å². The molecule has 1 aromatic heterocycles. The summed E-state index contributed by atoms with van der Waals surface area (Å²) in [6, 6.07) is 0. The number of alkyl halides is 1. The first-order chi connectivity index (χ1) is 19.8. The normalized spacial score (nSPS) is 25.3. The van der Waals surface area contributed by atoms with Crippen LogP contribution in [0, 0.1) is 12.8 Å². The first-order valence-electron chi connectivity index (χ1n) is 14.5. The molecule has 9 nitrogen and oxygen atoms in total. The summed E-state index contributed by atoms with van der Waals surface area (Å²) in [4.78, 5) is 9.16. The van der Waals surface area contributed by atoms with Crippen molar-refractivity contribution in [1.82, 2.24) is 20.2 Å². The quantitative estimate of drug-likeness (QED) is 0.337. The molecule has 41 heavy (non-hydrogen) atoms. The Labute approximate surface area is 242 Å². The van der Waals surface area contributed by atoms with Crippen LogP contribution in [0.4, 0.5) is 4.39 Å². The van der Waals surface area contributed by atoms with E-state index in [1.807, 2.05) is 30.7 Å². The van der Waals surface area contributed by atoms with Crippen molar-refractivity contribution in [3.63, 3.8) is 0 Å². The van der Waals surface area contributed by atoms with E-state index in [0.717, 1.165) is 41.4 Å². The summed E-state index contributed by atoms with van der Waals surface area (Å²) in [5.74, 6) is 2.41. The monoisotopic (exact) mass is 569 g/mol. The third-order valence-electron chi connectivity index (χ3n) is 7.34. The highest BCUT2D eigenvalue weighted by Crippen LogP contribution is 2.26. The summed E-state index contributed by atoms with van der Waals surface area (Å²) in [5, 5.41) is 7.24. The van der Waals surface area contributed by atoms with Crippen molar-refractivity contribution >= 4 is 11.5 Å². The van der Waals surface area contributed by atoms with Crippen molar-refractivity contribution < 1.29 is 23.3 Å². The molecular formula is C31H44FN5O4. The number of aromatic nitrogens is 2. The minimum Gasteiger partial charge on any atom is -0.488 e. The molecule has 0 aromatic carbocycles. The number of rotatable bonds is 12. The van der Waals surface area contributed by atoms with Crippen LogP contribution in [0.1, 0.15) is 52.1 Å². The van der Waals surface area contributed by atoms with Gasteiger partial charge in [-0.1, -0.05) is 26.0 Å². The van der Waals surface area contributed by atoms with Gasteiger partial charge < -0.3 is 34.1 Å². The molecule has 2 N–H and O–H groups in total. The Morgan fingerprint density at radius 2 is 2.20 bits per heavy atom. The minimum atomic E-state index is -0.941. The summed E-state index contributed by atoms with van der Waals surface area (Å²) >= 11 is 0. The Morgan fingerprint density at radius 3 is 2.85 bits per heavy atom. The van der Waals surface area contributed by atoms with Crippen LogP contribution in [0.25, 0.3) is 5.70 Å². The number of imidazole rings is 1. The summed E-state index contributed by atoms with van der Waals surface area (Å²) in [6.07, 6.45) is 16.9. The number of ether oxygens (including phenoxy) is 4. The molecular weight excluding hydrogens is 525 g/mol. The van der Waals surface area contributed by atoms with E-state index in [0.29, 0.717) is 38.4 Å². The van der Waals surface area contributed by atoms with E-state index < -0.39 is 11.8 Å². The second kappa shape index (κ2) is 14.5. The Morgan fingerprint density at radius 1 is 1.34 bits per heavy atom. The van der Waals surface area contributed by atoms with Crippen LogP contribution in [-0.4, -0.2) is 67.0 Å². The molecule has 224 valence electrons. The van der Waals surface area contributed by atoms with E-state index in [9.17, 15) is 4.39 Å². The van der Waals surface area contributed by atoms with Gasteiger partial charge in [0.15, 0.2) is 24.1 Å². The SMILES string of the molecule is CCC(CCOC)(NC1=CCC(F)C=C1)NC1=NCCO/C1=C\C(C)CC=C/C(=C1/OCOC1C)n1cnc(C)c1. The van der Waals surface area contributed by atoms with E-state index in [1.165, 1.54) is 0 Å². The van der Waals surface area contributed by atoms with Gasteiger partial charge in [0.1, 0.15) is 24.5 Å². The molecule has 1 saturated heterocycles. The highest BCUT2D eigenvalue weighted by Gasteiger charge is 2.32. The number of hydrogen-bond donors (Lipinski definition) is 2.